The molecule has 0 unspecified atom stereocenters. The highest BCUT2D eigenvalue weighted by Gasteiger charge is 2.11. The molecule has 2 aromatic rings. The highest BCUT2D eigenvalue weighted by atomic mass is 79.9. The van der Waals surface area contributed by atoms with Gasteiger partial charge in [0.25, 0.3) is 0 Å². The number of primary sulfonamides is 1. The van der Waals surface area contributed by atoms with Gasteiger partial charge in [-0.2, -0.15) is 5.26 Å². The fourth-order valence-electron chi connectivity index (χ4n) is 1.73. The Morgan fingerprint density at radius 2 is 1.90 bits per heavy atom. The summed E-state index contributed by atoms with van der Waals surface area (Å²) in [5, 5.41) is 17.1. The summed E-state index contributed by atoms with van der Waals surface area (Å²) in [7, 11) is -3.86. The van der Waals surface area contributed by atoms with Gasteiger partial charge in [-0.1, -0.05) is 15.9 Å². The first-order valence-electron chi connectivity index (χ1n) is 5.69. The monoisotopic (exact) mass is 366 g/mol. The molecule has 108 valence electrons. The van der Waals surface area contributed by atoms with Crippen LogP contribution in [0, 0.1) is 11.3 Å². The van der Waals surface area contributed by atoms with E-state index in [4.69, 9.17) is 16.1 Å². The Balaban J connectivity index is 2.48. The normalized spacial score (nSPS) is 10.9. The number of benzene rings is 2. The molecular formula is C13H11BrN4O2S. The molecule has 5 N–H and O–H groups in total. The van der Waals surface area contributed by atoms with Gasteiger partial charge in [0.2, 0.25) is 10.0 Å². The second-order valence-electron chi connectivity index (χ2n) is 4.26. The highest BCUT2D eigenvalue weighted by Crippen LogP contribution is 2.27. The summed E-state index contributed by atoms with van der Waals surface area (Å²) in [4.78, 5) is -0.0986. The molecule has 0 aliphatic rings. The van der Waals surface area contributed by atoms with Crippen molar-refractivity contribution in [1.29, 1.82) is 5.26 Å². The average molecular weight is 367 g/mol. The van der Waals surface area contributed by atoms with E-state index in [2.05, 4.69) is 21.2 Å². The lowest BCUT2D eigenvalue weighted by Gasteiger charge is -2.11. The maximum atomic E-state index is 11.4. The van der Waals surface area contributed by atoms with Gasteiger partial charge in [0, 0.05) is 15.8 Å². The van der Waals surface area contributed by atoms with E-state index >= 15 is 0 Å². The van der Waals surface area contributed by atoms with Gasteiger partial charge in [0.1, 0.15) is 6.07 Å². The van der Waals surface area contributed by atoms with Crippen molar-refractivity contribution in [2.24, 2.45) is 5.14 Å². The third-order valence-corrected chi connectivity index (χ3v) is 4.02. The van der Waals surface area contributed by atoms with E-state index in [-0.39, 0.29) is 10.6 Å². The zero-order valence-electron chi connectivity index (χ0n) is 10.7. The summed E-state index contributed by atoms with van der Waals surface area (Å²) >= 11 is 3.31. The van der Waals surface area contributed by atoms with E-state index in [0.717, 1.165) is 4.47 Å². The number of nitriles is 1. The number of nitrogen functional groups attached to an aromatic ring is 1. The van der Waals surface area contributed by atoms with Crippen LogP contribution in [0.3, 0.4) is 0 Å². The van der Waals surface area contributed by atoms with Gasteiger partial charge in [-0.05, 0) is 36.4 Å². The number of nitrogens with two attached hydrogens (primary N) is 2. The molecule has 0 aliphatic heterocycles. The lowest BCUT2D eigenvalue weighted by atomic mass is 10.2. The van der Waals surface area contributed by atoms with Crippen LogP contribution in [0.1, 0.15) is 5.56 Å². The quantitative estimate of drug-likeness (QED) is 0.719. The molecule has 0 spiro atoms. The van der Waals surface area contributed by atoms with Crippen molar-refractivity contribution in [3.05, 3.63) is 46.4 Å². The Morgan fingerprint density at radius 1 is 1.19 bits per heavy atom. The molecule has 0 amide bonds. The third-order valence-electron chi connectivity index (χ3n) is 2.64. The summed E-state index contributed by atoms with van der Waals surface area (Å²) in [6.07, 6.45) is 0. The van der Waals surface area contributed by atoms with Crippen molar-refractivity contribution in [3.8, 4) is 6.07 Å². The minimum absolute atomic E-state index is 0.0986. The number of nitrogens with one attached hydrogen (secondary N) is 1. The second-order valence-corrected chi connectivity index (χ2v) is 6.74. The van der Waals surface area contributed by atoms with E-state index in [9.17, 15) is 8.42 Å². The van der Waals surface area contributed by atoms with Crippen molar-refractivity contribution in [2.75, 3.05) is 11.1 Å². The molecule has 0 atom stereocenters. The van der Waals surface area contributed by atoms with Crippen LogP contribution in [0.15, 0.2) is 45.8 Å². The summed E-state index contributed by atoms with van der Waals surface area (Å²) in [6.45, 7) is 0. The van der Waals surface area contributed by atoms with E-state index in [0.29, 0.717) is 16.9 Å². The number of hydrogen-bond acceptors (Lipinski definition) is 5. The van der Waals surface area contributed by atoms with Crippen LogP contribution in [-0.4, -0.2) is 8.42 Å². The van der Waals surface area contributed by atoms with E-state index < -0.39 is 10.0 Å². The van der Waals surface area contributed by atoms with E-state index in [1.165, 1.54) is 12.1 Å². The van der Waals surface area contributed by atoms with Gasteiger partial charge in [-0.25, -0.2) is 13.6 Å². The number of halogens is 1. The van der Waals surface area contributed by atoms with Gasteiger partial charge in [-0.3, -0.25) is 0 Å². The highest BCUT2D eigenvalue weighted by molar-refractivity contribution is 9.10. The topological polar surface area (TPSA) is 122 Å². The molecule has 0 saturated heterocycles. The van der Waals surface area contributed by atoms with E-state index in [1.54, 1.807) is 24.3 Å². The van der Waals surface area contributed by atoms with Crippen LogP contribution < -0.4 is 16.2 Å². The molecule has 0 saturated carbocycles. The summed E-state index contributed by atoms with van der Waals surface area (Å²) in [5.74, 6) is 0. The zero-order chi connectivity index (χ0) is 15.6. The molecule has 0 radical (unpaired) electrons. The number of nitrogens with zero attached hydrogens (tertiary/aromatic N) is 1. The standard InChI is InChI=1S/C13H11BrN4O2S/c14-9-2-1-8(7-15)13(3-9)18-11-4-10(16)5-12(6-11)21(17,19)20/h1-6,18H,16H2,(H2,17,19,20). The number of rotatable bonds is 3. The minimum atomic E-state index is -3.86. The Hall–Kier alpha value is -2.08. The predicted octanol–water partition coefficient (Wildman–Crippen LogP) is 2.29. The summed E-state index contributed by atoms with van der Waals surface area (Å²) in [5.41, 5.74) is 7.29. The summed E-state index contributed by atoms with van der Waals surface area (Å²) < 4.78 is 23.6. The van der Waals surface area contributed by atoms with Crippen LogP contribution in [-0.2, 0) is 10.0 Å². The van der Waals surface area contributed by atoms with Gasteiger partial charge < -0.3 is 11.1 Å². The Morgan fingerprint density at radius 3 is 2.52 bits per heavy atom. The van der Waals surface area contributed by atoms with Gasteiger partial charge in [0.05, 0.1) is 16.1 Å². The minimum Gasteiger partial charge on any atom is -0.399 e. The van der Waals surface area contributed by atoms with E-state index in [1.807, 2.05) is 6.07 Å². The van der Waals surface area contributed by atoms with Crippen molar-refractivity contribution in [3.63, 3.8) is 0 Å². The summed E-state index contributed by atoms with van der Waals surface area (Å²) in [6, 6.07) is 11.3. The molecule has 0 heterocycles. The lowest BCUT2D eigenvalue weighted by Crippen LogP contribution is -2.12. The number of sulfonamides is 1. The largest absolute Gasteiger partial charge is 0.399 e. The van der Waals surface area contributed by atoms with Crippen LogP contribution >= 0.6 is 15.9 Å². The maximum absolute atomic E-state index is 11.4. The molecule has 2 aromatic carbocycles. The molecule has 2 rings (SSSR count). The molecular weight excluding hydrogens is 356 g/mol. The number of anilines is 3. The first-order valence-corrected chi connectivity index (χ1v) is 8.03. The van der Waals surface area contributed by atoms with Crippen LogP contribution in [0.25, 0.3) is 0 Å². The molecule has 0 bridgehead atoms. The van der Waals surface area contributed by atoms with Gasteiger partial charge in [-0.15, -0.1) is 0 Å². The van der Waals surface area contributed by atoms with Crippen molar-refractivity contribution in [2.45, 2.75) is 4.90 Å². The van der Waals surface area contributed by atoms with Crippen LogP contribution in [0.4, 0.5) is 17.1 Å². The average Bonchev–Trinajstić information content (AvgIpc) is 2.37. The first kappa shape index (κ1) is 15.3. The fraction of sp³-hybridized carbons (Fsp3) is 0. The van der Waals surface area contributed by atoms with Crippen molar-refractivity contribution in [1.82, 2.24) is 0 Å². The predicted molar refractivity (Wildman–Crippen MR) is 84.4 cm³/mol. The van der Waals surface area contributed by atoms with Crippen LogP contribution in [0.2, 0.25) is 0 Å². The lowest BCUT2D eigenvalue weighted by molar-refractivity contribution is 0.598. The molecule has 0 aliphatic carbocycles. The van der Waals surface area contributed by atoms with Crippen molar-refractivity contribution < 1.29 is 8.42 Å². The zero-order valence-corrected chi connectivity index (χ0v) is 13.1. The van der Waals surface area contributed by atoms with Gasteiger partial charge in [0.15, 0.2) is 0 Å². The molecule has 6 nitrogen and oxygen atoms in total. The third kappa shape index (κ3) is 3.72. The van der Waals surface area contributed by atoms with Crippen LogP contribution in [0.5, 0.6) is 0 Å². The number of hydrogen-bond donors (Lipinski definition) is 3. The second kappa shape index (κ2) is 5.73. The molecule has 0 aromatic heterocycles. The smallest absolute Gasteiger partial charge is 0.238 e. The fourth-order valence-corrected chi connectivity index (χ4v) is 2.68. The molecule has 0 fully saturated rings. The van der Waals surface area contributed by atoms with Gasteiger partial charge >= 0.3 is 0 Å². The Labute approximate surface area is 130 Å². The van der Waals surface area contributed by atoms with Crippen molar-refractivity contribution >= 4 is 43.0 Å². The maximum Gasteiger partial charge on any atom is 0.238 e. The first-order chi connectivity index (χ1) is 9.79. The molecule has 8 heteroatoms. The Kier molecular flexibility index (Phi) is 4.18. The SMILES string of the molecule is N#Cc1ccc(Br)cc1Nc1cc(N)cc(S(N)(=O)=O)c1. The molecule has 21 heavy (non-hydrogen) atoms. The Bertz CT molecular complexity index is 844.